The smallest absolute Gasteiger partial charge is 0.373 e. The molecule has 0 atom stereocenters. The van der Waals surface area contributed by atoms with E-state index in [1.165, 1.54) is 6.07 Å². The molecule has 7 nitrogen and oxygen atoms in total. The molecule has 2 aromatic rings. The standard InChI is InChI=1S/C16H16F2N4O3/c17-12-7-6-10(8-13(12)18)21-15-14(22(23)24)16(20-9-19-15)25-11-4-2-1-3-5-11/h6-9,11H,1-5H2,(H,19,20,21). The second kappa shape index (κ2) is 7.37. The number of hydrogen-bond donors (Lipinski definition) is 1. The summed E-state index contributed by atoms with van der Waals surface area (Å²) in [6.07, 6.45) is 5.76. The largest absolute Gasteiger partial charge is 0.469 e. The molecule has 25 heavy (non-hydrogen) atoms. The van der Waals surface area contributed by atoms with Crippen LogP contribution in [0.25, 0.3) is 0 Å². The highest BCUT2D eigenvalue weighted by atomic mass is 19.2. The van der Waals surface area contributed by atoms with E-state index < -0.39 is 22.2 Å². The van der Waals surface area contributed by atoms with Crippen LogP contribution in [0.5, 0.6) is 5.88 Å². The average molecular weight is 350 g/mol. The number of anilines is 2. The monoisotopic (exact) mass is 350 g/mol. The lowest BCUT2D eigenvalue weighted by Gasteiger charge is -2.22. The molecule has 0 saturated heterocycles. The molecule has 0 spiro atoms. The predicted octanol–water partition coefficient (Wildman–Crippen LogP) is 4.12. The van der Waals surface area contributed by atoms with Crippen LogP contribution in [-0.2, 0) is 0 Å². The van der Waals surface area contributed by atoms with Gasteiger partial charge in [-0.15, -0.1) is 0 Å². The first-order valence-corrected chi connectivity index (χ1v) is 7.92. The number of halogens is 2. The normalized spacial score (nSPS) is 15.0. The molecule has 1 aromatic carbocycles. The second-order valence-corrected chi connectivity index (χ2v) is 5.76. The zero-order chi connectivity index (χ0) is 17.8. The van der Waals surface area contributed by atoms with Crippen molar-refractivity contribution in [3.8, 4) is 5.88 Å². The zero-order valence-corrected chi connectivity index (χ0v) is 13.2. The predicted molar refractivity (Wildman–Crippen MR) is 85.8 cm³/mol. The van der Waals surface area contributed by atoms with Crippen molar-refractivity contribution in [1.82, 2.24) is 9.97 Å². The minimum atomic E-state index is -1.07. The van der Waals surface area contributed by atoms with Gasteiger partial charge in [-0.25, -0.2) is 13.8 Å². The summed E-state index contributed by atoms with van der Waals surface area (Å²) in [5.41, 5.74) is -0.304. The van der Waals surface area contributed by atoms with Gasteiger partial charge in [0.15, 0.2) is 11.6 Å². The van der Waals surface area contributed by atoms with Gasteiger partial charge in [0.1, 0.15) is 12.4 Å². The zero-order valence-electron chi connectivity index (χ0n) is 13.2. The fourth-order valence-corrected chi connectivity index (χ4v) is 2.76. The fraction of sp³-hybridized carbons (Fsp3) is 0.375. The van der Waals surface area contributed by atoms with Gasteiger partial charge in [-0.05, 0) is 37.8 Å². The van der Waals surface area contributed by atoms with E-state index in [-0.39, 0.29) is 23.5 Å². The van der Waals surface area contributed by atoms with E-state index in [0.29, 0.717) is 0 Å². The average Bonchev–Trinajstić information content (AvgIpc) is 2.59. The number of ether oxygens (including phenoxy) is 1. The third-order valence-electron chi connectivity index (χ3n) is 3.98. The lowest BCUT2D eigenvalue weighted by atomic mass is 9.98. The summed E-state index contributed by atoms with van der Waals surface area (Å²) >= 11 is 0. The molecule has 1 aliphatic rings. The van der Waals surface area contributed by atoms with Gasteiger partial charge in [0.25, 0.3) is 5.88 Å². The van der Waals surface area contributed by atoms with E-state index in [1.54, 1.807) is 0 Å². The highest BCUT2D eigenvalue weighted by molar-refractivity contribution is 5.68. The SMILES string of the molecule is O=[N+]([O-])c1c(Nc2ccc(F)c(F)c2)ncnc1OC1CCCCC1. The van der Waals surface area contributed by atoms with E-state index in [9.17, 15) is 18.9 Å². The number of nitro groups is 1. The molecule has 0 bridgehead atoms. The summed E-state index contributed by atoms with van der Waals surface area (Å²) in [7, 11) is 0. The Morgan fingerprint density at radius 1 is 1.16 bits per heavy atom. The Kier molecular flexibility index (Phi) is 5.01. The van der Waals surface area contributed by atoms with E-state index in [4.69, 9.17) is 4.74 Å². The summed E-state index contributed by atoms with van der Waals surface area (Å²) in [5, 5.41) is 14.1. The number of nitrogens with one attached hydrogen (secondary N) is 1. The van der Waals surface area contributed by atoms with Gasteiger partial charge < -0.3 is 10.1 Å². The molecule has 1 saturated carbocycles. The van der Waals surface area contributed by atoms with Gasteiger partial charge in [-0.1, -0.05) is 6.42 Å². The number of hydrogen-bond acceptors (Lipinski definition) is 6. The van der Waals surface area contributed by atoms with Crippen molar-refractivity contribution in [3.05, 3.63) is 46.3 Å². The molecular weight excluding hydrogens is 334 g/mol. The summed E-state index contributed by atoms with van der Waals surface area (Å²) < 4.78 is 32.0. The third kappa shape index (κ3) is 3.98. The maximum Gasteiger partial charge on any atom is 0.373 e. The number of nitrogens with zero attached hydrogens (tertiary/aromatic N) is 3. The van der Waals surface area contributed by atoms with Crippen molar-refractivity contribution < 1.29 is 18.4 Å². The Labute approximate surface area is 142 Å². The van der Waals surface area contributed by atoms with Crippen LogP contribution in [-0.4, -0.2) is 21.0 Å². The topological polar surface area (TPSA) is 90.2 Å². The van der Waals surface area contributed by atoms with Crippen LogP contribution < -0.4 is 10.1 Å². The molecule has 0 aliphatic heterocycles. The fourth-order valence-electron chi connectivity index (χ4n) is 2.76. The van der Waals surface area contributed by atoms with Crippen molar-refractivity contribution in [1.29, 1.82) is 0 Å². The Morgan fingerprint density at radius 2 is 1.92 bits per heavy atom. The minimum absolute atomic E-state index is 0.126. The number of aromatic nitrogens is 2. The first-order chi connectivity index (χ1) is 12.0. The maximum absolute atomic E-state index is 13.3. The Morgan fingerprint density at radius 3 is 2.60 bits per heavy atom. The Bertz CT molecular complexity index is 782. The van der Waals surface area contributed by atoms with Gasteiger partial charge in [-0.2, -0.15) is 4.98 Å². The van der Waals surface area contributed by atoms with Crippen molar-refractivity contribution in [2.75, 3.05) is 5.32 Å². The Balaban J connectivity index is 1.88. The van der Waals surface area contributed by atoms with Crippen LogP contribution in [0.1, 0.15) is 32.1 Å². The van der Waals surface area contributed by atoms with Gasteiger partial charge in [0.05, 0.1) is 4.92 Å². The quantitative estimate of drug-likeness (QED) is 0.644. The van der Waals surface area contributed by atoms with Gasteiger partial charge >= 0.3 is 5.69 Å². The molecule has 1 heterocycles. The molecule has 3 rings (SSSR count). The minimum Gasteiger partial charge on any atom is -0.469 e. The van der Waals surface area contributed by atoms with Crippen LogP contribution in [0, 0.1) is 21.7 Å². The van der Waals surface area contributed by atoms with Crippen LogP contribution in [0.2, 0.25) is 0 Å². The van der Waals surface area contributed by atoms with Gasteiger partial charge in [-0.3, -0.25) is 10.1 Å². The molecular formula is C16H16F2N4O3. The molecule has 9 heteroatoms. The second-order valence-electron chi connectivity index (χ2n) is 5.76. The van der Waals surface area contributed by atoms with Gasteiger partial charge in [0, 0.05) is 11.8 Å². The van der Waals surface area contributed by atoms with E-state index in [1.807, 2.05) is 0 Å². The first-order valence-electron chi connectivity index (χ1n) is 7.92. The van der Waals surface area contributed by atoms with Crippen LogP contribution >= 0.6 is 0 Å². The van der Waals surface area contributed by atoms with Gasteiger partial charge in [0.2, 0.25) is 5.82 Å². The lowest BCUT2D eigenvalue weighted by Crippen LogP contribution is -2.21. The van der Waals surface area contributed by atoms with Crippen LogP contribution in [0.3, 0.4) is 0 Å². The summed E-state index contributed by atoms with van der Waals surface area (Å²) in [6.45, 7) is 0. The molecule has 0 radical (unpaired) electrons. The Hall–Kier alpha value is -2.84. The van der Waals surface area contributed by atoms with E-state index in [0.717, 1.165) is 50.6 Å². The van der Waals surface area contributed by atoms with Crippen molar-refractivity contribution in [3.63, 3.8) is 0 Å². The molecule has 0 amide bonds. The van der Waals surface area contributed by atoms with Crippen molar-refractivity contribution >= 4 is 17.2 Å². The highest BCUT2D eigenvalue weighted by Gasteiger charge is 2.27. The maximum atomic E-state index is 13.3. The molecule has 1 fully saturated rings. The highest BCUT2D eigenvalue weighted by Crippen LogP contribution is 2.35. The van der Waals surface area contributed by atoms with E-state index >= 15 is 0 Å². The van der Waals surface area contributed by atoms with Crippen molar-refractivity contribution in [2.24, 2.45) is 0 Å². The third-order valence-corrected chi connectivity index (χ3v) is 3.98. The summed E-state index contributed by atoms with van der Waals surface area (Å²) in [5.74, 6) is -2.35. The molecule has 1 N–H and O–H groups in total. The summed E-state index contributed by atoms with van der Waals surface area (Å²) in [6, 6.07) is 3.07. The molecule has 0 unspecified atom stereocenters. The molecule has 1 aromatic heterocycles. The summed E-state index contributed by atoms with van der Waals surface area (Å²) in [4.78, 5) is 18.5. The number of rotatable bonds is 5. The van der Waals surface area contributed by atoms with Crippen LogP contribution in [0.4, 0.5) is 26.0 Å². The first kappa shape index (κ1) is 17.0. The molecule has 1 aliphatic carbocycles. The van der Waals surface area contributed by atoms with E-state index in [2.05, 4.69) is 15.3 Å². The molecule has 132 valence electrons. The lowest BCUT2D eigenvalue weighted by molar-refractivity contribution is -0.385. The van der Waals surface area contributed by atoms with Crippen LogP contribution in [0.15, 0.2) is 24.5 Å². The number of benzene rings is 1. The van der Waals surface area contributed by atoms with Crippen molar-refractivity contribution in [2.45, 2.75) is 38.2 Å².